The van der Waals surface area contributed by atoms with Gasteiger partial charge in [-0.2, -0.15) is 0 Å². The summed E-state index contributed by atoms with van der Waals surface area (Å²) in [6, 6.07) is 4.60. The van der Waals surface area contributed by atoms with Crippen molar-refractivity contribution in [3.8, 4) is 5.75 Å². The minimum Gasteiger partial charge on any atom is -0.494 e. The van der Waals surface area contributed by atoms with Crippen LogP contribution in [0, 0.1) is 0 Å². The molecule has 0 N–H and O–H groups in total. The quantitative estimate of drug-likeness (QED) is 0.160. The van der Waals surface area contributed by atoms with Crippen LogP contribution in [-0.2, 0) is 28.7 Å². The summed E-state index contributed by atoms with van der Waals surface area (Å²) in [4.78, 5) is 64.9. The summed E-state index contributed by atoms with van der Waals surface area (Å²) in [6.07, 6.45) is 6.48. The number of imide groups is 1. The third kappa shape index (κ3) is 12.2. The molecule has 1 aliphatic heterocycles. The zero-order valence-electron chi connectivity index (χ0n) is 24.6. The van der Waals surface area contributed by atoms with E-state index in [0.717, 1.165) is 38.5 Å². The summed E-state index contributed by atoms with van der Waals surface area (Å²) in [5.41, 5.74) is -0.929. The van der Waals surface area contributed by atoms with E-state index in [1.807, 2.05) is 0 Å². The van der Waals surface area contributed by atoms with Gasteiger partial charge in [-0.1, -0.05) is 32.1 Å². The summed E-state index contributed by atoms with van der Waals surface area (Å²) in [6.45, 7) is 11.1. The fourth-order valence-corrected chi connectivity index (χ4v) is 3.84. The van der Waals surface area contributed by atoms with Crippen LogP contribution in [0.3, 0.4) is 0 Å². The molecule has 0 aliphatic carbocycles. The van der Waals surface area contributed by atoms with Crippen molar-refractivity contribution in [1.82, 2.24) is 5.06 Å². The zero-order valence-corrected chi connectivity index (χ0v) is 24.6. The summed E-state index contributed by atoms with van der Waals surface area (Å²) in [7, 11) is 0. The van der Waals surface area contributed by atoms with Gasteiger partial charge in [-0.05, 0) is 72.6 Å². The Balaban J connectivity index is 1.72. The first kappa shape index (κ1) is 32.8. The maximum atomic E-state index is 12.7. The molecule has 2 rings (SSSR count). The van der Waals surface area contributed by atoms with E-state index in [0.29, 0.717) is 23.8 Å². The Hall–Kier alpha value is -3.43. The standard InChI is InChI=1S/C30H43NO9/c1-29(2,3)38-27(35)21-18-22(28(36)39-30(4,5)6)20-23(19-21)37-17-13-11-9-7-8-10-12-14-26(34)40-31-24(32)15-16-25(31)33/h18-20H,7-17H2,1-6H3. The van der Waals surface area contributed by atoms with Crippen LogP contribution in [0.4, 0.5) is 0 Å². The van der Waals surface area contributed by atoms with Crippen LogP contribution in [0.5, 0.6) is 5.75 Å². The minimum atomic E-state index is -0.683. The molecule has 1 aromatic rings. The molecule has 1 heterocycles. The van der Waals surface area contributed by atoms with Crippen molar-refractivity contribution in [3.05, 3.63) is 29.3 Å². The van der Waals surface area contributed by atoms with Gasteiger partial charge in [-0.25, -0.2) is 14.4 Å². The number of carbonyl (C=O) groups is 5. The highest BCUT2D eigenvalue weighted by Crippen LogP contribution is 2.23. The molecule has 222 valence electrons. The summed E-state index contributed by atoms with van der Waals surface area (Å²) < 4.78 is 16.8. The number of rotatable bonds is 14. The van der Waals surface area contributed by atoms with E-state index in [-0.39, 0.29) is 30.4 Å². The van der Waals surface area contributed by atoms with Gasteiger partial charge in [0, 0.05) is 19.3 Å². The van der Waals surface area contributed by atoms with Crippen LogP contribution < -0.4 is 4.74 Å². The predicted molar refractivity (Wildman–Crippen MR) is 146 cm³/mol. The van der Waals surface area contributed by atoms with Crippen molar-refractivity contribution in [2.75, 3.05) is 6.61 Å². The molecule has 1 fully saturated rings. The third-order valence-electron chi connectivity index (χ3n) is 5.67. The third-order valence-corrected chi connectivity index (χ3v) is 5.67. The minimum absolute atomic E-state index is 0.0861. The Labute approximate surface area is 236 Å². The lowest BCUT2D eigenvalue weighted by molar-refractivity contribution is -0.197. The molecule has 0 bridgehead atoms. The number of ether oxygens (including phenoxy) is 3. The van der Waals surface area contributed by atoms with Gasteiger partial charge in [-0.15, -0.1) is 5.06 Å². The number of unbranched alkanes of at least 4 members (excludes halogenated alkanes) is 6. The maximum Gasteiger partial charge on any atom is 0.338 e. The second-order valence-corrected chi connectivity index (χ2v) is 11.9. The molecule has 0 atom stereocenters. The fourth-order valence-electron chi connectivity index (χ4n) is 3.84. The van der Waals surface area contributed by atoms with E-state index < -0.39 is 40.9 Å². The normalized spacial score (nSPS) is 13.8. The van der Waals surface area contributed by atoms with E-state index in [1.165, 1.54) is 6.07 Å². The molecule has 1 aliphatic rings. The highest BCUT2D eigenvalue weighted by atomic mass is 16.7. The van der Waals surface area contributed by atoms with Crippen LogP contribution in [-0.4, -0.2) is 52.6 Å². The highest BCUT2D eigenvalue weighted by molar-refractivity contribution is 6.01. The van der Waals surface area contributed by atoms with Crippen molar-refractivity contribution in [3.63, 3.8) is 0 Å². The molecule has 1 saturated heterocycles. The van der Waals surface area contributed by atoms with Gasteiger partial charge < -0.3 is 19.0 Å². The number of hydrogen-bond acceptors (Lipinski definition) is 9. The molecule has 10 nitrogen and oxygen atoms in total. The number of benzene rings is 1. The molecule has 1 aromatic carbocycles. The van der Waals surface area contributed by atoms with Crippen molar-refractivity contribution in [1.29, 1.82) is 0 Å². The van der Waals surface area contributed by atoms with Crippen LogP contribution >= 0.6 is 0 Å². The van der Waals surface area contributed by atoms with E-state index >= 15 is 0 Å². The molecular weight excluding hydrogens is 518 g/mol. The fraction of sp³-hybridized carbons (Fsp3) is 0.633. The topological polar surface area (TPSA) is 126 Å². The van der Waals surface area contributed by atoms with Crippen LogP contribution in [0.15, 0.2) is 18.2 Å². The van der Waals surface area contributed by atoms with Crippen molar-refractivity contribution < 1.29 is 43.0 Å². The van der Waals surface area contributed by atoms with Crippen LogP contribution in [0.1, 0.15) is 126 Å². The maximum absolute atomic E-state index is 12.7. The van der Waals surface area contributed by atoms with Gasteiger partial charge in [0.25, 0.3) is 11.8 Å². The number of nitrogens with zero attached hydrogens (tertiary/aromatic N) is 1. The molecule has 10 heteroatoms. The zero-order chi connectivity index (χ0) is 29.9. The molecule has 0 radical (unpaired) electrons. The van der Waals surface area contributed by atoms with Gasteiger partial charge in [0.1, 0.15) is 17.0 Å². The van der Waals surface area contributed by atoms with Crippen LogP contribution in [0.2, 0.25) is 0 Å². The number of amides is 2. The lowest BCUT2D eigenvalue weighted by Crippen LogP contribution is -2.31. The lowest BCUT2D eigenvalue weighted by atomic mass is 10.1. The Kier molecular flexibility index (Phi) is 12.1. The van der Waals surface area contributed by atoms with Gasteiger partial charge in [0.2, 0.25) is 0 Å². The van der Waals surface area contributed by atoms with Crippen LogP contribution in [0.25, 0.3) is 0 Å². The van der Waals surface area contributed by atoms with Gasteiger partial charge in [0.05, 0.1) is 17.7 Å². The first-order chi connectivity index (χ1) is 18.6. The summed E-state index contributed by atoms with van der Waals surface area (Å²) in [5, 5.41) is 0.580. The van der Waals surface area contributed by atoms with E-state index in [9.17, 15) is 24.0 Å². The largest absolute Gasteiger partial charge is 0.494 e. The van der Waals surface area contributed by atoms with E-state index in [4.69, 9.17) is 19.0 Å². The smallest absolute Gasteiger partial charge is 0.338 e. The van der Waals surface area contributed by atoms with Crippen molar-refractivity contribution >= 4 is 29.7 Å². The average molecular weight is 562 g/mol. The van der Waals surface area contributed by atoms with Crippen molar-refractivity contribution in [2.45, 2.75) is 117 Å². The first-order valence-electron chi connectivity index (χ1n) is 14.0. The molecule has 0 unspecified atom stereocenters. The van der Waals surface area contributed by atoms with Gasteiger partial charge >= 0.3 is 17.9 Å². The Bertz CT molecular complexity index is 1000. The Morgan fingerprint density at radius 1 is 0.700 bits per heavy atom. The number of hydrogen-bond donors (Lipinski definition) is 0. The Morgan fingerprint density at radius 2 is 1.15 bits per heavy atom. The first-order valence-corrected chi connectivity index (χ1v) is 14.0. The number of carbonyl (C=O) groups excluding carboxylic acids is 5. The average Bonchev–Trinajstić information content (AvgIpc) is 3.15. The molecule has 0 spiro atoms. The van der Waals surface area contributed by atoms with Crippen molar-refractivity contribution in [2.24, 2.45) is 0 Å². The molecule has 0 saturated carbocycles. The van der Waals surface area contributed by atoms with E-state index in [2.05, 4.69) is 0 Å². The number of hydroxylamine groups is 2. The highest BCUT2D eigenvalue weighted by Gasteiger charge is 2.32. The molecular formula is C30H43NO9. The monoisotopic (exact) mass is 561 g/mol. The SMILES string of the molecule is CC(C)(C)OC(=O)c1cc(OCCCCCCCCCC(=O)ON2C(=O)CCC2=O)cc(C(=O)OC(C)(C)C)c1. The predicted octanol–water partition coefficient (Wildman–Crippen LogP) is 5.70. The number of esters is 2. The summed E-state index contributed by atoms with van der Waals surface area (Å²) >= 11 is 0. The molecule has 2 amide bonds. The second kappa shape index (κ2) is 14.8. The lowest BCUT2D eigenvalue weighted by Gasteiger charge is -2.21. The van der Waals surface area contributed by atoms with Gasteiger partial charge in [0.15, 0.2) is 0 Å². The second-order valence-electron chi connectivity index (χ2n) is 11.9. The Morgan fingerprint density at radius 3 is 1.62 bits per heavy atom. The van der Waals surface area contributed by atoms with Gasteiger partial charge in [-0.3, -0.25) is 9.59 Å². The molecule has 0 aromatic heterocycles. The molecule has 40 heavy (non-hydrogen) atoms. The van der Waals surface area contributed by atoms with E-state index in [1.54, 1.807) is 53.7 Å². The summed E-state index contributed by atoms with van der Waals surface area (Å²) in [5.74, 6) is -2.20.